The lowest BCUT2D eigenvalue weighted by Crippen LogP contribution is -2.11. The number of hydrogen-bond acceptors (Lipinski definition) is 5. The molecule has 0 radical (unpaired) electrons. The molecule has 0 fully saturated rings. The van der Waals surface area contributed by atoms with Gasteiger partial charge >= 0.3 is 5.63 Å². The number of nitrogens with one attached hydrogen (secondary N) is 1. The van der Waals surface area contributed by atoms with Gasteiger partial charge in [-0.2, -0.15) is 0 Å². The Kier molecular flexibility index (Phi) is 5.07. The summed E-state index contributed by atoms with van der Waals surface area (Å²) in [4.78, 5) is 29.1. The van der Waals surface area contributed by atoms with Crippen LogP contribution in [0.25, 0.3) is 22.4 Å². The van der Waals surface area contributed by atoms with Gasteiger partial charge in [-0.25, -0.2) is 9.78 Å². The lowest BCUT2D eigenvalue weighted by molar-refractivity contribution is 0.102. The second-order valence-electron chi connectivity index (χ2n) is 6.32. The van der Waals surface area contributed by atoms with E-state index in [1.165, 1.54) is 0 Å². The molecule has 3 aromatic carbocycles. The number of hydrogen-bond donors (Lipinski definition) is 1. The molecular weight excluding hydrogens is 368 g/mol. The molecule has 0 saturated heterocycles. The third-order valence-electron chi connectivity index (χ3n) is 4.33. The van der Waals surface area contributed by atoms with E-state index in [9.17, 15) is 9.59 Å². The van der Waals surface area contributed by atoms with Crippen LogP contribution >= 0.6 is 0 Å². The number of carbonyl (C=O) groups excluding carboxylic acids is 1. The molecule has 0 atom stereocenters. The van der Waals surface area contributed by atoms with Crippen LogP contribution in [0.3, 0.4) is 0 Å². The first kappa shape index (κ1) is 18.4. The molecule has 0 bridgehead atoms. The quantitative estimate of drug-likeness (QED) is 0.546. The second kappa shape index (κ2) is 7.98. The molecule has 1 N–H and O–H groups in total. The minimum atomic E-state index is -0.450. The zero-order valence-corrected chi connectivity index (χ0v) is 15.7. The zero-order chi connectivity index (χ0) is 20.2. The number of fused-ring (bicyclic) bond motifs is 1. The van der Waals surface area contributed by atoms with Crippen LogP contribution in [0.4, 0.5) is 5.69 Å². The van der Waals surface area contributed by atoms with Crippen LogP contribution in [0.15, 0.2) is 82.0 Å². The maximum atomic E-state index is 12.5. The molecule has 0 unspecified atom stereocenters. The number of para-hydroxylation sites is 1. The van der Waals surface area contributed by atoms with Crippen molar-refractivity contribution in [2.45, 2.75) is 6.92 Å². The first-order chi connectivity index (χ1) is 14.1. The molecular formula is C23H18N2O4. The molecule has 4 rings (SSSR count). The Labute approximate surface area is 166 Å². The SMILES string of the molecule is CCOc1ccc(C(=O)Nc2cccc(-c3nc4ccccc4c(=O)o3)c2)cc1. The van der Waals surface area contributed by atoms with Crippen LogP contribution < -0.4 is 15.7 Å². The fraction of sp³-hybridized carbons (Fsp3) is 0.0870. The van der Waals surface area contributed by atoms with E-state index in [1.807, 2.05) is 13.0 Å². The van der Waals surface area contributed by atoms with Gasteiger partial charge in [0.1, 0.15) is 5.75 Å². The monoisotopic (exact) mass is 386 g/mol. The number of rotatable bonds is 5. The third-order valence-corrected chi connectivity index (χ3v) is 4.33. The first-order valence-electron chi connectivity index (χ1n) is 9.18. The molecule has 1 heterocycles. The van der Waals surface area contributed by atoms with Gasteiger partial charge in [-0.1, -0.05) is 18.2 Å². The van der Waals surface area contributed by atoms with Crippen molar-refractivity contribution in [3.63, 3.8) is 0 Å². The van der Waals surface area contributed by atoms with Crippen molar-refractivity contribution in [2.24, 2.45) is 0 Å². The van der Waals surface area contributed by atoms with E-state index in [-0.39, 0.29) is 11.8 Å². The van der Waals surface area contributed by atoms with E-state index in [4.69, 9.17) is 9.15 Å². The Morgan fingerprint density at radius 3 is 2.62 bits per heavy atom. The maximum absolute atomic E-state index is 12.5. The van der Waals surface area contributed by atoms with Crippen LogP contribution in [0.1, 0.15) is 17.3 Å². The first-order valence-corrected chi connectivity index (χ1v) is 9.18. The molecule has 6 nitrogen and oxygen atoms in total. The number of benzene rings is 3. The topological polar surface area (TPSA) is 81.4 Å². The minimum absolute atomic E-state index is 0.200. The highest BCUT2D eigenvalue weighted by atomic mass is 16.5. The molecule has 1 aromatic heterocycles. The fourth-order valence-electron chi connectivity index (χ4n) is 2.94. The fourth-order valence-corrected chi connectivity index (χ4v) is 2.94. The Bertz CT molecular complexity index is 1230. The van der Waals surface area contributed by atoms with E-state index in [0.717, 1.165) is 0 Å². The van der Waals surface area contributed by atoms with Crippen molar-refractivity contribution in [1.82, 2.24) is 4.98 Å². The van der Waals surface area contributed by atoms with E-state index >= 15 is 0 Å². The standard InChI is InChI=1S/C23H18N2O4/c1-2-28-18-12-10-15(11-13-18)21(26)24-17-7-5-6-16(14-17)22-25-20-9-4-3-8-19(20)23(27)29-22/h3-14H,2H2,1H3,(H,24,26). The minimum Gasteiger partial charge on any atom is -0.494 e. The molecule has 0 saturated carbocycles. The smallest absolute Gasteiger partial charge is 0.347 e. The van der Waals surface area contributed by atoms with Gasteiger partial charge in [-0.3, -0.25) is 4.79 Å². The summed E-state index contributed by atoms with van der Waals surface area (Å²) in [5.41, 5.74) is 1.78. The summed E-state index contributed by atoms with van der Waals surface area (Å²) in [6.45, 7) is 2.47. The Morgan fingerprint density at radius 2 is 1.83 bits per heavy atom. The predicted octanol–water partition coefficient (Wildman–Crippen LogP) is 4.51. The van der Waals surface area contributed by atoms with Crippen molar-refractivity contribution in [1.29, 1.82) is 0 Å². The van der Waals surface area contributed by atoms with E-state index in [0.29, 0.717) is 40.1 Å². The Balaban J connectivity index is 1.59. The molecule has 0 aliphatic carbocycles. The molecule has 0 spiro atoms. The summed E-state index contributed by atoms with van der Waals surface area (Å²) in [7, 11) is 0. The summed E-state index contributed by atoms with van der Waals surface area (Å²) >= 11 is 0. The van der Waals surface area contributed by atoms with Crippen molar-refractivity contribution in [3.05, 3.63) is 88.8 Å². The third kappa shape index (κ3) is 4.01. The maximum Gasteiger partial charge on any atom is 0.347 e. The van der Waals surface area contributed by atoms with Gasteiger partial charge in [0.25, 0.3) is 5.91 Å². The van der Waals surface area contributed by atoms with Gasteiger partial charge in [0, 0.05) is 16.8 Å². The number of anilines is 1. The van der Waals surface area contributed by atoms with Gasteiger partial charge in [-0.15, -0.1) is 0 Å². The molecule has 0 aliphatic heterocycles. The highest BCUT2D eigenvalue weighted by molar-refractivity contribution is 6.04. The van der Waals surface area contributed by atoms with Gasteiger partial charge in [0.05, 0.1) is 17.5 Å². The molecule has 1 amide bonds. The summed E-state index contributed by atoms with van der Waals surface area (Å²) in [6, 6.07) is 20.9. The molecule has 4 aromatic rings. The average Bonchev–Trinajstić information content (AvgIpc) is 2.75. The zero-order valence-electron chi connectivity index (χ0n) is 15.7. The molecule has 0 aliphatic rings. The number of ether oxygens (including phenoxy) is 1. The molecule has 29 heavy (non-hydrogen) atoms. The normalized spacial score (nSPS) is 10.7. The molecule has 144 valence electrons. The van der Waals surface area contributed by atoms with Gasteiger partial charge < -0.3 is 14.5 Å². The lowest BCUT2D eigenvalue weighted by atomic mass is 10.1. The highest BCUT2D eigenvalue weighted by Gasteiger charge is 2.11. The van der Waals surface area contributed by atoms with Gasteiger partial charge in [-0.05, 0) is 61.5 Å². The van der Waals surface area contributed by atoms with Crippen molar-refractivity contribution in [2.75, 3.05) is 11.9 Å². The largest absolute Gasteiger partial charge is 0.494 e. The van der Waals surface area contributed by atoms with Crippen LogP contribution in [0, 0.1) is 0 Å². The number of aromatic nitrogens is 1. The van der Waals surface area contributed by atoms with Crippen molar-refractivity contribution in [3.8, 4) is 17.2 Å². The summed E-state index contributed by atoms with van der Waals surface area (Å²) in [5, 5.41) is 3.27. The second-order valence-corrected chi connectivity index (χ2v) is 6.32. The van der Waals surface area contributed by atoms with Gasteiger partial charge in [0.2, 0.25) is 5.89 Å². The van der Waals surface area contributed by atoms with Crippen molar-refractivity contribution >= 4 is 22.5 Å². The number of carbonyl (C=O) groups is 1. The van der Waals surface area contributed by atoms with E-state index in [1.54, 1.807) is 66.7 Å². The number of nitrogens with zero attached hydrogens (tertiary/aromatic N) is 1. The summed E-state index contributed by atoms with van der Waals surface area (Å²) in [5.74, 6) is 0.660. The van der Waals surface area contributed by atoms with Crippen LogP contribution in [-0.4, -0.2) is 17.5 Å². The summed E-state index contributed by atoms with van der Waals surface area (Å²) < 4.78 is 10.8. The predicted molar refractivity (Wildman–Crippen MR) is 111 cm³/mol. The Morgan fingerprint density at radius 1 is 1.03 bits per heavy atom. The van der Waals surface area contributed by atoms with Crippen LogP contribution in [0.2, 0.25) is 0 Å². The van der Waals surface area contributed by atoms with Crippen LogP contribution in [-0.2, 0) is 0 Å². The van der Waals surface area contributed by atoms with Gasteiger partial charge in [0.15, 0.2) is 0 Å². The number of amides is 1. The average molecular weight is 386 g/mol. The van der Waals surface area contributed by atoms with Crippen molar-refractivity contribution < 1.29 is 13.9 Å². The molecule has 6 heteroatoms. The van der Waals surface area contributed by atoms with E-state index in [2.05, 4.69) is 10.3 Å². The summed E-state index contributed by atoms with van der Waals surface area (Å²) in [6.07, 6.45) is 0. The van der Waals surface area contributed by atoms with Crippen LogP contribution in [0.5, 0.6) is 5.75 Å². The highest BCUT2D eigenvalue weighted by Crippen LogP contribution is 2.22. The Hall–Kier alpha value is -3.93. The van der Waals surface area contributed by atoms with E-state index < -0.39 is 5.63 Å². The lowest BCUT2D eigenvalue weighted by Gasteiger charge is -2.08.